The van der Waals surface area contributed by atoms with E-state index in [2.05, 4.69) is 53.0 Å². The molecule has 0 aliphatic rings. The number of rotatable bonds is 6. The number of aromatic nitrogens is 2. The summed E-state index contributed by atoms with van der Waals surface area (Å²) in [6.45, 7) is 7.05. The Labute approximate surface area is 109 Å². The minimum Gasteiger partial charge on any atom is -0.334 e. The zero-order valence-electron chi connectivity index (χ0n) is 11.2. The smallest absolute Gasteiger partial charge is 0.122 e. The average molecular weight is 243 g/mol. The summed E-state index contributed by atoms with van der Waals surface area (Å²) < 4.78 is 2.21. The van der Waals surface area contributed by atoms with Crippen LogP contribution >= 0.6 is 0 Å². The average Bonchev–Trinajstić information content (AvgIpc) is 2.80. The van der Waals surface area contributed by atoms with Crippen molar-refractivity contribution >= 4 is 0 Å². The third-order valence-corrected chi connectivity index (χ3v) is 3.00. The van der Waals surface area contributed by atoms with Gasteiger partial charge in [-0.1, -0.05) is 36.8 Å². The molecule has 2 aromatic rings. The maximum atomic E-state index is 4.38. The molecule has 0 radical (unpaired) electrons. The van der Waals surface area contributed by atoms with E-state index < -0.39 is 0 Å². The van der Waals surface area contributed by atoms with Gasteiger partial charge in [0.15, 0.2) is 0 Å². The highest BCUT2D eigenvalue weighted by Crippen LogP contribution is 2.04. The minimum atomic E-state index is 0.820. The lowest BCUT2D eigenvalue weighted by molar-refractivity contribution is 0.588. The molecule has 2 rings (SSSR count). The van der Waals surface area contributed by atoms with E-state index in [0.29, 0.717) is 0 Å². The van der Waals surface area contributed by atoms with Gasteiger partial charge in [0.25, 0.3) is 0 Å². The van der Waals surface area contributed by atoms with Gasteiger partial charge in [-0.25, -0.2) is 4.98 Å². The van der Waals surface area contributed by atoms with Gasteiger partial charge in [0.1, 0.15) is 5.82 Å². The van der Waals surface area contributed by atoms with Gasteiger partial charge in [0.05, 0.1) is 6.54 Å². The molecule has 0 aliphatic heterocycles. The van der Waals surface area contributed by atoms with E-state index in [1.54, 1.807) is 0 Å². The normalized spacial score (nSPS) is 10.8. The third-order valence-electron chi connectivity index (χ3n) is 3.00. The Morgan fingerprint density at radius 1 is 1.17 bits per heavy atom. The van der Waals surface area contributed by atoms with Crippen LogP contribution in [0.5, 0.6) is 0 Å². The van der Waals surface area contributed by atoms with E-state index in [9.17, 15) is 0 Å². The summed E-state index contributed by atoms with van der Waals surface area (Å²) in [5, 5.41) is 3.44. The first-order valence-electron chi connectivity index (χ1n) is 6.56. The molecule has 1 heterocycles. The molecule has 0 amide bonds. The predicted octanol–water partition coefficient (Wildman–Crippen LogP) is 2.89. The maximum Gasteiger partial charge on any atom is 0.122 e. The lowest BCUT2D eigenvalue weighted by Crippen LogP contribution is -2.16. The number of imidazole rings is 1. The van der Waals surface area contributed by atoms with Crippen LogP contribution in [0.2, 0.25) is 0 Å². The van der Waals surface area contributed by atoms with Crippen molar-refractivity contribution in [2.24, 2.45) is 0 Å². The number of aryl methyl sites for hydroxylation is 2. The van der Waals surface area contributed by atoms with E-state index in [4.69, 9.17) is 0 Å². The quantitative estimate of drug-likeness (QED) is 0.845. The maximum absolute atomic E-state index is 4.38. The van der Waals surface area contributed by atoms with Crippen molar-refractivity contribution < 1.29 is 0 Å². The highest BCUT2D eigenvalue weighted by atomic mass is 15.1. The number of hydrogen-bond acceptors (Lipinski definition) is 2. The van der Waals surface area contributed by atoms with Gasteiger partial charge >= 0.3 is 0 Å². The predicted molar refractivity (Wildman–Crippen MR) is 74.2 cm³/mol. The number of benzene rings is 1. The standard InChI is InChI=1S/C15H21N3/c1-3-9-18-10-8-17-15(18)12-16-11-14-6-4-13(2)5-7-14/h4-8,10,16H,3,9,11-12H2,1-2H3. The van der Waals surface area contributed by atoms with E-state index in [0.717, 1.165) is 31.9 Å². The molecule has 1 aromatic heterocycles. The molecule has 1 aromatic carbocycles. The Morgan fingerprint density at radius 2 is 1.94 bits per heavy atom. The third kappa shape index (κ3) is 3.44. The molecule has 1 N–H and O–H groups in total. The van der Waals surface area contributed by atoms with Crippen LogP contribution in [0.4, 0.5) is 0 Å². The zero-order chi connectivity index (χ0) is 12.8. The van der Waals surface area contributed by atoms with Crippen LogP contribution in [-0.2, 0) is 19.6 Å². The molecule has 0 unspecified atom stereocenters. The lowest BCUT2D eigenvalue weighted by Gasteiger charge is -2.08. The topological polar surface area (TPSA) is 29.9 Å². The molecule has 3 nitrogen and oxygen atoms in total. The molecule has 0 spiro atoms. The fourth-order valence-corrected chi connectivity index (χ4v) is 1.98. The Hall–Kier alpha value is -1.61. The van der Waals surface area contributed by atoms with Gasteiger partial charge in [-0.05, 0) is 18.9 Å². The summed E-state index contributed by atoms with van der Waals surface area (Å²) in [6, 6.07) is 8.63. The van der Waals surface area contributed by atoms with Crippen molar-refractivity contribution in [3.8, 4) is 0 Å². The zero-order valence-corrected chi connectivity index (χ0v) is 11.2. The van der Waals surface area contributed by atoms with Crippen LogP contribution in [-0.4, -0.2) is 9.55 Å². The van der Waals surface area contributed by atoms with Crippen molar-refractivity contribution in [3.63, 3.8) is 0 Å². The van der Waals surface area contributed by atoms with Crippen molar-refractivity contribution in [2.75, 3.05) is 0 Å². The van der Waals surface area contributed by atoms with E-state index in [1.165, 1.54) is 11.1 Å². The summed E-state index contributed by atoms with van der Waals surface area (Å²) in [6.07, 6.45) is 5.06. The van der Waals surface area contributed by atoms with Crippen LogP contribution in [0.25, 0.3) is 0 Å². The van der Waals surface area contributed by atoms with Gasteiger partial charge in [0, 0.05) is 25.5 Å². The Balaban J connectivity index is 1.84. The molecule has 0 bridgehead atoms. The monoisotopic (exact) mass is 243 g/mol. The number of nitrogens with one attached hydrogen (secondary N) is 1. The first kappa shape index (κ1) is 12.8. The summed E-state index contributed by atoms with van der Waals surface area (Å²) in [4.78, 5) is 4.38. The van der Waals surface area contributed by atoms with E-state index in [1.807, 2.05) is 12.4 Å². The molecule has 18 heavy (non-hydrogen) atoms. The molecular weight excluding hydrogens is 222 g/mol. The second kappa shape index (κ2) is 6.36. The molecule has 0 fully saturated rings. The minimum absolute atomic E-state index is 0.820. The number of hydrogen-bond donors (Lipinski definition) is 1. The largest absolute Gasteiger partial charge is 0.334 e. The summed E-state index contributed by atoms with van der Waals surface area (Å²) >= 11 is 0. The van der Waals surface area contributed by atoms with Gasteiger partial charge < -0.3 is 9.88 Å². The number of nitrogens with zero attached hydrogens (tertiary/aromatic N) is 2. The highest BCUT2D eigenvalue weighted by molar-refractivity contribution is 5.21. The van der Waals surface area contributed by atoms with E-state index in [-0.39, 0.29) is 0 Å². The van der Waals surface area contributed by atoms with Crippen LogP contribution in [0.3, 0.4) is 0 Å². The Bertz CT molecular complexity index is 471. The van der Waals surface area contributed by atoms with Crippen LogP contribution in [0, 0.1) is 6.92 Å². The fraction of sp³-hybridized carbons (Fsp3) is 0.400. The second-order valence-corrected chi connectivity index (χ2v) is 4.63. The van der Waals surface area contributed by atoms with Gasteiger partial charge in [-0.2, -0.15) is 0 Å². The van der Waals surface area contributed by atoms with Crippen LogP contribution in [0.15, 0.2) is 36.7 Å². The molecule has 0 saturated carbocycles. The van der Waals surface area contributed by atoms with E-state index >= 15 is 0 Å². The van der Waals surface area contributed by atoms with Gasteiger partial charge in [0.2, 0.25) is 0 Å². The van der Waals surface area contributed by atoms with Crippen LogP contribution in [0.1, 0.15) is 30.3 Å². The molecular formula is C15H21N3. The summed E-state index contributed by atoms with van der Waals surface area (Å²) in [7, 11) is 0. The SMILES string of the molecule is CCCn1ccnc1CNCc1ccc(C)cc1. The first-order valence-corrected chi connectivity index (χ1v) is 6.56. The summed E-state index contributed by atoms with van der Waals surface area (Å²) in [5.74, 6) is 1.11. The summed E-state index contributed by atoms with van der Waals surface area (Å²) in [5.41, 5.74) is 2.62. The Kier molecular flexibility index (Phi) is 4.53. The Morgan fingerprint density at radius 3 is 2.67 bits per heavy atom. The highest BCUT2D eigenvalue weighted by Gasteiger charge is 2.01. The van der Waals surface area contributed by atoms with Crippen molar-refractivity contribution in [1.82, 2.24) is 14.9 Å². The second-order valence-electron chi connectivity index (χ2n) is 4.63. The van der Waals surface area contributed by atoms with Crippen LogP contribution < -0.4 is 5.32 Å². The lowest BCUT2D eigenvalue weighted by atomic mass is 10.1. The fourth-order valence-electron chi connectivity index (χ4n) is 1.98. The van der Waals surface area contributed by atoms with Gasteiger partial charge in [-0.15, -0.1) is 0 Å². The first-order chi connectivity index (χ1) is 8.79. The molecule has 0 saturated heterocycles. The molecule has 0 aliphatic carbocycles. The van der Waals surface area contributed by atoms with Gasteiger partial charge in [-0.3, -0.25) is 0 Å². The molecule has 3 heteroatoms. The van der Waals surface area contributed by atoms with Crippen molar-refractivity contribution in [3.05, 3.63) is 53.6 Å². The molecule has 0 atom stereocenters. The molecule has 96 valence electrons. The van der Waals surface area contributed by atoms with Crippen molar-refractivity contribution in [1.29, 1.82) is 0 Å². The van der Waals surface area contributed by atoms with Crippen molar-refractivity contribution in [2.45, 2.75) is 39.9 Å².